The highest BCUT2D eigenvalue weighted by Gasteiger charge is 2.39. The number of rotatable bonds is 1. The number of esters is 1. The van der Waals surface area contributed by atoms with Crippen molar-refractivity contribution < 1.29 is 24.9 Å². The van der Waals surface area contributed by atoms with Gasteiger partial charge in [-0.1, -0.05) is 6.08 Å². The molecule has 0 heterocycles. The highest BCUT2D eigenvalue weighted by molar-refractivity contribution is 5.76. The van der Waals surface area contributed by atoms with Crippen molar-refractivity contribution in [2.45, 2.75) is 5.79 Å². The molecule has 1 atom stereocenters. The van der Waals surface area contributed by atoms with Gasteiger partial charge in [0.1, 0.15) is 11.7 Å². The van der Waals surface area contributed by atoms with Crippen molar-refractivity contribution in [1.29, 1.82) is 0 Å². The van der Waals surface area contributed by atoms with E-state index in [0.717, 1.165) is 13.2 Å². The van der Waals surface area contributed by atoms with Gasteiger partial charge in [0, 0.05) is 6.08 Å². The molecule has 13 heavy (non-hydrogen) atoms. The molecule has 0 radical (unpaired) electrons. The Kier molecular flexibility index (Phi) is 2.40. The number of allylic oxidation sites excluding steroid dienone is 1. The Morgan fingerprint density at radius 2 is 2.23 bits per heavy atom. The van der Waals surface area contributed by atoms with Crippen molar-refractivity contribution >= 4 is 5.97 Å². The highest BCUT2D eigenvalue weighted by Crippen LogP contribution is 2.24. The van der Waals surface area contributed by atoms with E-state index in [9.17, 15) is 15.0 Å². The predicted molar refractivity (Wildman–Crippen MR) is 42.5 cm³/mol. The summed E-state index contributed by atoms with van der Waals surface area (Å²) in [5.41, 5.74) is 0. The van der Waals surface area contributed by atoms with Crippen LogP contribution in [0.2, 0.25) is 0 Å². The molecule has 0 fully saturated rings. The Labute approximate surface area is 74.6 Å². The Bertz CT molecular complexity index is 276. The summed E-state index contributed by atoms with van der Waals surface area (Å²) < 4.78 is 4.34. The summed E-state index contributed by atoms with van der Waals surface area (Å²) in [5.74, 6) is -4.66. The molecule has 72 valence electrons. The van der Waals surface area contributed by atoms with Crippen LogP contribution in [0.4, 0.5) is 0 Å². The fourth-order valence-corrected chi connectivity index (χ4v) is 1.07. The average Bonchev–Trinajstić information content (AvgIpc) is 2.01. The van der Waals surface area contributed by atoms with E-state index in [1.165, 1.54) is 12.2 Å². The molecule has 0 aromatic heterocycles. The molecule has 1 rings (SSSR count). The zero-order valence-corrected chi connectivity index (χ0v) is 6.97. The van der Waals surface area contributed by atoms with Gasteiger partial charge in [-0.25, -0.2) is 0 Å². The molecule has 0 aliphatic heterocycles. The van der Waals surface area contributed by atoms with Crippen LogP contribution in [-0.4, -0.2) is 34.2 Å². The predicted octanol–water partition coefficient (Wildman–Crippen LogP) is -0.532. The van der Waals surface area contributed by atoms with E-state index >= 15 is 0 Å². The van der Waals surface area contributed by atoms with Gasteiger partial charge < -0.3 is 20.1 Å². The minimum absolute atomic E-state index is 0.301. The third-order valence-electron chi connectivity index (χ3n) is 1.73. The fourth-order valence-electron chi connectivity index (χ4n) is 1.07. The van der Waals surface area contributed by atoms with Gasteiger partial charge in [-0.3, -0.25) is 4.79 Å². The third-order valence-corrected chi connectivity index (χ3v) is 1.73. The summed E-state index contributed by atoms with van der Waals surface area (Å²) in [6.07, 6.45) is 3.14. The summed E-state index contributed by atoms with van der Waals surface area (Å²) >= 11 is 0. The zero-order valence-electron chi connectivity index (χ0n) is 6.97. The molecular weight excluding hydrogens is 176 g/mol. The van der Waals surface area contributed by atoms with Gasteiger partial charge in [0.05, 0.1) is 7.11 Å². The number of hydrogen-bond donors (Lipinski definition) is 3. The Morgan fingerprint density at radius 1 is 1.62 bits per heavy atom. The maximum atomic E-state index is 11.0. The van der Waals surface area contributed by atoms with E-state index in [2.05, 4.69) is 4.74 Å². The molecule has 3 N–H and O–H groups in total. The lowest BCUT2D eigenvalue weighted by Gasteiger charge is -2.26. The molecule has 1 aliphatic carbocycles. The number of carbonyl (C=O) groups is 1. The van der Waals surface area contributed by atoms with Crippen molar-refractivity contribution in [2.75, 3.05) is 7.11 Å². The van der Waals surface area contributed by atoms with Crippen LogP contribution >= 0.6 is 0 Å². The average molecular weight is 186 g/mol. The van der Waals surface area contributed by atoms with Crippen LogP contribution in [0.15, 0.2) is 24.0 Å². The van der Waals surface area contributed by atoms with Gasteiger partial charge in [0.25, 0.3) is 0 Å². The van der Waals surface area contributed by atoms with Crippen molar-refractivity contribution in [3.8, 4) is 0 Å². The second-order valence-corrected chi connectivity index (χ2v) is 2.71. The number of aliphatic hydroxyl groups excluding tert-OH is 1. The number of ether oxygens (including phenoxy) is 1. The summed E-state index contributed by atoms with van der Waals surface area (Å²) in [6, 6.07) is 0. The van der Waals surface area contributed by atoms with Crippen molar-refractivity contribution in [1.82, 2.24) is 0 Å². The first-order valence-corrected chi connectivity index (χ1v) is 3.60. The Hall–Kier alpha value is -1.33. The minimum Gasteiger partial charge on any atom is -0.508 e. The van der Waals surface area contributed by atoms with E-state index in [4.69, 9.17) is 5.11 Å². The molecule has 0 saturated carbocycles. The number of hydrogen-bond acceptors (Lipinski definition) is 5. The molecule has 0 aromatic rings. The summed E-state index contributed by atoms with van der Waals surface area (Å²) in [6.45, 7) is 0. The van der Waals surface area contributed by atoms with Gasteiger partial charge in [-0.15, -0.1) is 0 Å². The van der Waals surface area contributed by atoms with Gasteiger partial charge in [-0.05, 0) is 6.08 Å². The third kappa shape index (κ3) is 1.88. The standard InChI is InChI=1S/C8H10O5/c1-13-7(10)6-3-2-5(9)4-8(6,11)12/h2-4,6,9,11-12H,1H3. The van der Waals surface area contributed by atoms with Crippen LogP contribution in [0.1, 0.15) is 0 Å². The molecular formula is C8H10O5. The lowest BCUT2D eigenvalue weighted by Crippen LogP contribution is -2.41. The lowest BCUT2D eigenvalue weighted by atomic mass is 9.93. The molecule has 0 amide bonds. The zero-order chi connectivity index (χ0) is 10.1. The quantitative estimate of drug-likeness (QED) is 0.378. The molecule has 0 bridgehead atoms. The van der Waals surface area contributed by atoms with Crippen LogP contribution < -0.4 is 0 Å². The van der Waals surface area contributed by atoms with Crippen LogP contribution in [0.5, 0.6) is 0 Å². The lowest BCUT2D eigenvalue weighted by molar-refractivity contribution is -0.179. The first-order chi connectivity index (χ1) is 5.97. The monoisotopic (exact) mass is 186 g/mol. The maximum absolute atomic E-state index is 11.0. The second kappa shape index (κ2) is 3.20. The summed E-state index contributed by atoms with van der Waals surface area (Å²) in [7, 11) is 1.14. The second-order valence-electron chi connectivity index (χ2n) is 2.71. The Balaban J connectivity index is 2.91. The maximum Gasteiger partial charge on any atom is 0.318 e. The van der Waals surface area contributed by atoms with E-state index < -0.39 is 17.7 Å². The van der Waals surface area contributed by atoms with E-state index in [1.54, 1.807) is 0 Å². The van der Waals surface area contributed by atoms with Crippen molar-refractivity contribution in [3.63, 3.8) is 0 Å². The van der Waals surface area contributed by atoms with Crippen molar-refractivity contribution in [2.24, 2.45) is 5.92 Å². The van der Waals surface area contributed by atoms with Gasteiger partial charge in [-0.2, -0.15) is 0 Å². The smallest absolute Gasteiger partial charge is 0.318 e. The van der Waals surface area contributed by atoms with E-state index in [-0.39, 0.29) is 5.76 Å². The van der Waals surface area contributed by atoms with Crippen LogP contribution in [0.25, 0.3) is 0 Å². The van der Waals surface area contributed by atoms with E-state index in [1.807, 2.05) is 0 Å². The highest BCUT2D eigenvalue weighted by atomic mass is 16.5. The van der Waals surface area contributed by atoms with Crippen molar-refractivity contribution in [3.05, 3.63) is 24.0 Å². The number of methoxy groups -OCH3 is 1. The number of aliphatic hydroxyl groups is 3. The largest absolute Gasteiger partial charge is 0.508 e. The Morgan fingerprint density at radius 3 is 2.69 bits per heavy atom. The summed E-state index contributed by atoms with van der Waals surface area (Å²) in [5, 5.41) is 27.5. The molecule has 5 heteroatoms. The molecule has 0 aromatic carbocycles. The SMILES string of the molecule is COC(=O)C1C=CC(O)=CC1(O)O. The summed E-state index contributed by atoms with van der Waals surface area (Å²) in [4.78, 5) is 11.0. The first-order valence-electron chi connectivity index (χ1n) is 3.60. The topological polar surface area (TPSA) is 87.0 Å². The van der Waals surface area contributed by atoms with Gasteiger partial charge in [0.2, 0.25) is 5.79 Å². The molecule has 0 saturated heterocycles. The normalized spacial score (nSPS) is 25.2. The minimum atomic E-state index is -2.38. The molecule has 1 aliphatic rings. The van der Waals surface area contributed by atoms with Gasteiger partial charge in [0.15, 0.2) is 0 Å². The van der Waals surface area contributed by atoms with Crippen LogP contribution in [0.3, 0.4) is 0 Å². The number of carbonyl (C=O) groups excluding carboxylic acids is 1. The van der Waals surface area contributed by atoms with Crippen LogP contribution in [0, 0.1) is 5.92 Å². The molecule has 5 nitrogen and oxygen atoms in total. The van der Waals surface area contributed by atoms with Crippen LogP contribution in [-0.2, 0) is 9.53 Å². The molecule has 0 spiro atoms. The fraction of sp³-hybridized carbons (Fsp3) is 0.375. The molecule has 1 unspecified atom stereocenters. The first kappa shape index (κ1) is 9.76. The van der Waals surface area contributed by atoms with E-state index in [0.29, 0.717) is 0 Å². The van der Waals surface area contributed by atoms with Gasteiger partial charge >= 0.3 is 5.97 Å².